The molecule has 5 heteroatoms. The molecule has 0 spiro atoms. The second kappa shape index (κ2) is 5.42. The summed E-state index contributed by atoms with van der Waals surface area (Å²) < 4.78 is 0. The fourth-order valence-electron chi connectivity index (χ4n) is 1.97. The Morgan fingerprint density at radius 2 is 2.00 bits per heavy atom. The second-order valence-corrected chi connectivity index (χ2v) is 6.57. The zero-order valence-corrected chi connectivity index (χ0v) is 12.9. The molecule has 0 atom stereocenters. The molecule has 2 heterocycles. The van der Waals surface area contributed by atoms with E-state index in [1.165, 1.54) is 22.5 Å². The first-order valence-corrected chi connectivity index (χ1v) is 8.16. The van der Waals surface area contributed by atoms with E-state index in [0.29, 0.717) is 5.16 Å². The largest absolute Gasteiger partial charge is 0.301 e. The topological polar surface area (TPSA) is 45.8 Å². The molecule has 102 valence electrons. The minimum Gasteiger partial charge on any atom is -0.301 e. The first kappa shape index (κ1) is 13.4. The highest BCUT2D eigenvalue weighted by Crippen LogP contribution is 2.24. The van der Waals surface area contributed by atoms with Crippen LogP contribution in [0, 0.1) is 13.8 Å². The Hall–Kier alpha value is -1.59. The highest BCUT2D eigenvalue weighted by molar-refractivity contribution is 7.98. The molecule has 3 nitrogen and oxygen atoms in total. The van der Waals surface area contributed by atoms with E-state index in [4.69, 9.17) is 0 Å². The lowest BCUT2D eigenvalue weighted by molar-refractivity contribution is 0.978. The van der Waals surface area contributed by atoms with Crippen molar-refractivity contribution in [3.05, 3.63) is 56.7 Å². The number of thioether (sulfide) groups is 1. The van der Waals surface area contributed by atoms with Crippen LogP contribution in [0.25, 0.3) is 10.2 Å². The Balaban J connectivity index is 1.84. The first-order chi connectivity index (χ1) is 9.63. The third-order valence-electron chi connectivity index (χ3n) is 3.10. The van der Waals surface area contributed by atoms with Crippen molar-refractivity contribution in [3.8, 4) is 0 Å². The summed E-state index contributed by atoms with van der Waals surface area (Å²) in [4.78, 5) is 20.2. The molecule has 0 aliphatic carbocycles. The first-order valence-electron chi connectivity index (χ1n) is 6.30. The molecule has 0 aliphatic rings. The van der Waals surface area contributed by atoms with Gasteiger partial charge in [0.05, 0.1) is 5.39 Å². The molecule has 0 aliphatic heterocycles. The molecular weight excluding hydrogens is 288 g/mol. The van der Waals surface area contributed by atoms with Crippen LogP contribution in [-0.4, -0.2) is 9.97 Å². The summed E-state index contributed by atoms with van der Waals surface area (Å²) in [6.45, 7) is 4.01. The molecule has 0 radical (unpaired) electrons. The van der Waals surface area contributed by atoms with Crippen LogP contribution in [0.15, 0.2) is 39.6 Å². The number of thiophene rings is 1. The summed E-state index contributed by atoms with van der Waals surface area (Å²) in [7, 11) is 0. The minimum absolute atomic E-state index is 0.0415. The lowest BCUT2D eigenvalue weighted by Gasteiger charge is -2.02. The SMILES string of the molecule is Cc1ccc(CSc2nc3scc(C)c3c(=O)[nH]2)cc1. The fourth-order valence-corrected chi connectivity index (χ4v) is 3.77. The van der Waals surface area contributed by atoms with Crippen LogP contribution < -0.4 is 5.56 Å². The van der Waals surface area contributed by atoms with Gasteiger partial charge in [-0.05, 0) is 30.4 Å². The number of nitrogens with one attached hydrogen (secondary N) is 1. The third-order valence-corrected chi connectivity index (χ3v) is 5.04. The molecule has 0 bridgehead atoms. The molecule has 0 fully saturated rings. The maximum atomic E-state index is 12.0. The summed E-state index contributed by atoms with van der Waals surface area (Å²) in [5.41, 5.74) is 3.43. The number of fused-ring (bicyclic) bond motifs is 1. The van der Waals surface area contributed by atoms with E-state index in [9.17, 15) is 4.79 Å². The number of rotatable bonds is 3. The van der Waals surface area contributed by atoms with Gasteiger partial charge in [0.1, 0.15) is 4.83 Å². The average molecular weight is 302 g/mol. The van der Waals surface area contributed by atoms with E-state index in [2.05, 4.69) is 41.2 Å². The number of hydrogen-bond acceptors (Lipinski definition) is 4. The van der Waals surface area contributed by atoms with Gasteiger partial charge in [-0.3, -0.25) is 4.79 Å². The van der Waals surface area contributed by atoms with E-state index in [1.807, 2.05) is 12.3 Å². The zero-order valence-electron chi connectivity index (χ0n) is 11.3. The van der Waals surface area contributed by atoms with E-state index < -0.39 is 0 Å². The number of nitrogens with zero attached hydrogens (tertiary/aromatic N) is 1. The lowest BCUT2D eigenvalue weighted by Crippen LogP contribution is -2.08. The second-order valence-electron chi connectivity index (χ2n) is 4.74. The van der Waals surface area contributed by atoms with Gasteiger partial charge in [0.25, 0.3) is 5.56 Å². The lowest BCUT2D eigenvalue weighted by atomic mass is 10.2. The number of aromatic amines is 1. The highest BCUT2D eigenvalue weighted by Gasteiger charge is 2.08. The molecule has 0 unspecified atom stereocenters. The van der Waals surface area contributed by atoms with Crippen LogP contribution in [0.3, 0.4) is 0 Å². The van der Waals surface area contributed by atoms with Crippen molar-refractivity contribution in [2.24, 2.45) is 0 Å². The maximum absolute atomic E-state index is 12.0. The van der Waals surface area contributed by atoms with E-state index in [-0.39, 0.29) is 5.56 Å². The quantitative estimate of drug-likeness (QED) is 0.589. The van der Waals surface area contributed by atoms with Crippen molar-refractivity contribution in [1.82, 2.24) is 9.97 Å². The van der Waals surface area contributed by atoms with Gasteiger partial charge >= 0.3 is 0 Å². The van der Waals surface area contributed by atoms with Crippen LogP contribution >= 0.6 is 23.1 Å². The molecule has 3 rings (SSSR count). The van der Waals surface area contributed by atoms with Crippen LogP contribution in [0.1, 0.15) is 16.7 Å². The predicted molar refractivity (Wildman–Crippen MR) is 85.7 cm³/mol. The van der Waals surface area contributed by atoms with Crippen molar-refractivity contribution >= 4 is 33.3 Å². The van der Waals surface area contributed by atoms with Crippen LogP contribution in [0.5, 0.6) is 0 Å². The number of H-pyrrole nitrogens is 1. The number of benzene rings is 1. The number of hydrogen-bond donors (Lipinski definition) is 1. The molecular formula is C15H14N2OS2. The van der Waals surface area contributed by atoms with Crippen LogP contribution in [0.4, 0.5) is 0 Å². The molecule has 0 saturated carbocycles. The summed E-state index contributed by atoms with van der Waals surface area (Å²) in [5.74, 6) is 0.805. The van der Waals surface area contributed by atoms with E-state index >= 15 is 0 Å². The summed E-state index contributed by atoms with van der Waals surface area (Å²) in [6.07, 6.45) is 0. The summed E-state index contributed by atoms with van der Waals surface area (Å²) in [6, 6.07) is 8.40. The van der Waals surface area contributed by atoms with Crippen LogP contribution in [-0.2, 0) is 5.75 Å². The van der Waals surface area contributed by atoms with Crippen molar-refractivity contribution in [2.75, 3.05) is 0 Å². The minimum atomic E-state index is -0.0415. The summed E-state index contributed by atoms with van der Waals surface area (Å²) >= 11 is 3.08. The van der Waals surface area contributed by atoms with E-state index in [1.54, 1.807) is 11.8 Å². The monoisotopic (exact) mass is 302 g/mol. The highest BCUT2D eigenvalue weighted by atomic mass is 32.2. The fraction of sp³-hybridized carbons (Fsp3) is 0.200. The molecule has 20 heavy (non-hydrogen) atoms. The molecule has 2 aromatic heterocycles. The molecule has 1 aromatic carbocycles. The maximum Gasteiger partial charge on any atom is 0.260 e. The average Bonchev–Trinajstić information content (AvgIpc) is 2.80. The van der Waals surface area contributed by atoms with Gasteiger partial charge in [0.15, 0.2) is 5.16 Å². The van der Waals surface area contributed by atoms with Crippen molar-refractivity contribution < 1.29 is 0 Å². The van der Waals surface area contributed by atoms with Gasteiger partial charge in [0, 0.05) is 5.75 Å². The standard InChI is InChI=1S/C15H14N2OS2/c1-9-3-5-11(6-4-9)8-20-15-16-13(18)12-10(2)7-19-14(12)17-15/h3-7H,8H2,1-2H3,(H,16,17,18). The Bertz CT molecular complexity index is 803. The van der Waals surface area contributed by atoms with Gasteiger partial charge in [-0.15, -0.1) is 11.3 Å². The Morgan fingerprint density at radius 3 is 2.75 bits per heavy atom. The van der Waals surface area contributed by atoms with Crippen LogP contribution in [0.2, 0.25) is 0 Å². The van der Waals surface area contributed by atoms with Crippen molar-refractivity contribution in [3.63, 3.8) is 0 Å². The van der Waals surface area contributed by atoms with Gasteiger partial charge < -0.3 is 4.98 Å². The van der Waals surface area contributed by atoms with Gasteiger partial charge in [0.2, 0.25) is 0 Å². The molecule has 0 saturated heterocycles. The Labute approximate surface area is 125 Å². The number of aromatic nitrogens is 2. The third kappa shape index (κ3) is 2.64. The zero-order chi connectivity index (χ0) is 14.1. The molecule has 0 amide bonds. The predicted octanol–water partition coefficient (Wildman–Crippen LogP) is 3.89. The Morgan fingerprint density at radius 1 is 1.25 bits per heavy atom. The Kier molecular flexibility index (Phi) is 3.63. The smallest absolute Gasteiger partial charge is 0.260 e. The molecule has 3 aromatic rings. The van der Waals surface area contributed by atoms with Crippen molar-refractivity contribution in [1.29, 1.82) is 0 Å². The van der Waals surface area contributed by atoms with Gasteiger partial charge in [-0.1, -0.05) is 41.6 Å². The normalized spacial score (nSPS) is 11.1. The van der Waals surface area contributed by atoms with E-state index in [0.717, 1.165) is 21.5 Å². The molecule has 1 N–H and O–H groups in total. The van der Waals surface area contributed by atoms with Gasteiger partial charge in [-0.25, -0.2) is 4.98 Å². The summed E-state index contributed by atoms with van der Waals surface area (Å²) in [5, 5.41) is 3.38. The van der Waals surface area contributed by atoms with Crippen molar-refractivity contribution in [2.45, 2.75) is 24.8 Å². The van der Waals surface area contributed by atoms with Gasteiger partial charge in [-0.2, -0.15) is 0 Å². The number of aryl methyl sites for hydroxylation is 2.